The van der Waals surface area contributed by atoms with Crippen LogP contribution in [0.1, 0.15) is 18.4 Å². The van der Waals surface area contributed by atoms with E-state index < -0.39 is 4.92 Å². The number of nitrogens with one attached hydrogen (secondary N) is 1. The molecule has 1 aromatic carbocycles. The summed E-state index contributed by atoms with van der Waals surface area (Å²) in [5.74, 6) is 1.39. The van der Waals surface area contributed by atoms with Gasteiger partial charge in [-0.3, -0.25) is 10.1 Å². The van der Waals surface area contributed by atoms with Crippen LogP contribution in [0.5, 0.6) is 11.5 Å². The molecule has 1 aromatic heterocycles. The number of fused-ring (bicyclic) bond motifs is 1. The van der Waals surface area contributed by atoms with Crippen LogP contribution in [0.25, 0.3) is 0 Å². The summed E-state index contributed by atoms with van der Waals surface area (Å²) in [4.78, 5) is 20.8. The molecule has 0 spiro atoms. The molecule has 1 N–H and O–H groups in total. The second-order valence-electron chi connectivity index (χ2n) is 6.00. The maximum Gasteiger partial charge on any atom is 0.353 e. The van der Waals surface area contributed by atoms with Crippen LogP contribution in [0.2, 0.25) is 0 Å². The highest BCUT2D eigenvalue weighted by Gasteiger charge is 2.27. The fraction of sp³-hybridized carbons (Fsp3) is 0.333. The van der Waals surface area contributed by atoms with E-state index in [-0.39, 0.29) is 56.6 Å². The predicted molar refractivity (Wildman–Crippen MR) is 101 cm³/mol. The van der Waals surface area contributed by atoms with E-state index in [1.165, 1.54) is 6.33 Å². The van der Waals surface area contributed by atoms with Crippen LogP contribution >= 0.6 is 0 Å². The SMILES string of the molecule is N#CCCN(CCC#N)c1ncnc(NCc2ccc3c(c2)OCO3)c1[N+](=O)[O-]. The largest absolute Gasteiger partial charge is 0.454 e. The molecule has 29 heavy (non-hydrogen) atoms. The summed E-state index contributed by atoms with van der Waals surface area (Å²) in [5, 5.41) is 32.4. The minimum absolute atomic E-state index is 0.0524. The van der Waals surface area contributed by atoms with Crippen LogP contribution in [-0.2, 0) is 6.54 Å². The van der Waals surface area contributed by atoms with Crippen molar-refractivity contribution in [2.75, 3.05) is 30.1 Å². The Morgan fingerprint density at radius 1 is 1.17 bits per heavy atom. The molecule has 0 fully saturated rings. The van der Waals surface area contributed by atoms with E-state index in [1.54, 1.807) is 17.0 Å². The molecule has 148 valence electrons. The van der Waals surface area contributed by atoms with E-state index in [4.69, 9.17) is 20.0 Å². The van der Waals surface area contributed by atoms with E-state index in [1.807, 2.05) is 18.2 Å². The van der Waals surface area contributed by atoms with Crippen LogP contribution in [0.3, 0.4) is 0 Å². The number of rotatable bonds is 9. The molecule has 0 saturated heterocycles. The average molecular weight is 395 g/mol. The van der Waals surface area contributed by atoms with E-state index >= 15 is 0 Å². The Hall–Kier alpha value is -4.12. The standard InChI is InChI=1S/C18H17N7O4/c19-5-1-7-24(8-2-6-20)18-16(25(26)27)17(22-11-23-18)21-10-13-3-4-14-15(9-13)29-12-28-14/h3-4,9,11H,1-2,7-8,10,12H2,(H,21,22,23). The third kappa shape index (κ3) is 4.59. The molecule has 3 rings (SSSR count). The van der Waals surface area contributed by atoms with Gasteiger partial charge in [-0.2, -0.15) is 10.5 Å². The number of aromatic nitrogens is 2. The zero-order chi connectivity index (χ0) is 20.6. The maximum absolute atomic E-state index is 11.8. The molecule has 2 heterocycles. The summed E-state index contributed by atoms with van der Waals surface area (Å²) in [6, 6.07) is 9.37. The van der Waals surface area contributed by atoms with Crippen LogP contribution in [0.4, 0.5) is 17.3 Å². The summed E-state index contributed by atoms with van der Waals surface area (Å²) >= 11 is 0. The van der Waals surface area contributed by atoms with Crippen LogP contribution in [0, 0.1) is 32.8 Å². The predicted octanol–water partition coefficient (Wildman–Crippen LogP) is 2.36. The van der Waals surface area contributed by atoms with Crippen molar-refractivity contribution in [1.82, 2.24) is 9.97 Å². The summed E-state index contributed by atoms with van der Waals surface area (Å²) in [7, 11) is 0. The van der Waals surface area contributed by atoms with Crippen LogP contribution in [0.15, 0.2) is 24.5 Å². The second-order valence-corrected chi connectivity index (χ2v) is 6.00. The lowest BCUT2D eigenvalue weighted by Gasteiger charge is -2.21. The zero-order valence-electron chi connectivity index (χ0n) is 15.4. The lowest BCUT2D eigenvalue weighted by atomic mass is 10.2. The summed E-state index contributed by atoms with van der Waals surface area (Å²) < 4.78 is 10.6. The fourth-order valence-electron chi connectivity index (χ4n) is 2.83. The molecule has 0 aliphatic carbocycles. The van der Waals surface area contributed by atoms with Crippen molar-refractivity contribution in [3.63, 3.8) is 0 Å². The monoisotopic (exact) mass is 395 g/mol. The molecule has 0 unspecified atom stereocenters. The number of ether oxygens (including phenoxy) is 2. The number of nitrogens with zero attached hydrogens (tertiary/aromatic N) is 6. The molecule has 1 aliphatic heterocycles. The first-order valence-corrected chi connectivity index (χ1v) is 8.74. The van der Waals surface area contributed by atoms with Gasteiger partial charge < -0.3 is 19.7 Å². The molecule has 11 heteroatoms. The van der Waals surface area contributed by atoms with Gasteiger partial charge in [0.2, 0.25) is 18.4 Å². The maximum atomic E-state index is 11.8. The molecule has 11 nitrogen and oxygen atoms in total. The van der Waals surface area contributed by atoms with Gasteiger partial charge in [-0.1, -0.05) is 6.07 Å². The van der Waals surface area contributed by atoms with Gasteiger partial charge in [-0.25, -0.2) is 9.97 Å². The molecule has 1 aliphatic rings. The molecule has 0 radical (unpaired) electrons. The van der Waals surface area contributed by atoms with Gasteiger partial charge in [0, 0.05) is 19.6 Å². The van der Waals surface area contributed by atoms with Crippen molar-refractivity contribution in [1.29, 1.82) is 10.5 Å². The first-order valence-electron chi connectivity index (χ1n) is 8.74. The molecule has 0 saturated carbocycles. The third-order valence-electron chi connectivity index (χ3n) is 4.17. The summed E-state index contributed by atoms with van der Waals surface area (Å²) in [6.07, 6.45) is 1.51. The van der Waals surface area contributed by atoms with Gasteiger partial charge in [-0.05, 0) is 17.7 Å². The molecule has 0 amide bonds. The van der Waals surface area contributed by atoms with Gasteiger partial charge in [0.05, 0.1) is 29.9 Å². The number of nitro groups is 1. The smallest absolute Gasteiger partial charge is 0.353 e. The topological polar surface area (TPSA) is 150 Å². The Morgan fingerprint density at radius 3 is 2.59 bits per heavy atom. The van der Waals surface area contributed by atoms with Gasteiger partial charge in [0.1, 0.15) is 6.33 Å². The average Bonchev–Trinajstić information content (AvgIpc) is 3.20. The highest BCUT2D eigenvalue weighted by Crippen LogP contribution is 2.34. The van der Waals surface area contributed by atoms with Gasteiger partial charge >= 0.3 is 5.69 Å². The Kier molecular flexibility index (Phi) is 6.22. The normalized spacial score (nSPS) is 11.4. The molecule has 2 aromatic rings. The van der Waals surface area contributed by atoms with Gasteiger partial charge in [0.15, 0.2) is 11.5 Å². The number of hydrogen-bond acceptors (Lipinski definition) is 10. The minimum Gasteiger partial charge on any atom is -0.454 e. The molecular weight excluding hydrogens is 378 g/mol. The van der Waals surface area contributed by atoms with Gasteiger partial charge in [0.25, 0.3) is 0 Å². The lowest BCUT2D eigenvalue weighted by Crippen LogP contribution is -2.27. The van der Waals surface area contributed by atoms with Crippen molar-refractivity contribution in [2.45, 2.75) is 19.4 Å². The third-order valence-corrected chi connectivity index (χ3v) is 4.17. The number of anilines is 2. The molecule has 0 atom stereocenters. The number of nitriles is 2. The summed E-state index contributed by atoms with van der Waals surface area (Å²) in [6.45, 7) is 0.869. The van der Waals surface area contributed by atoms with Crippen molar-refractivity contribution < 1.29 is 14.4 Å². The van der Waals surface area contributed by atoms with Crippen LogP contribution in [-0.4, -0.2) is 34.8 Å². The van der Waals surface area contributed by atoms with E-state index in [0.29, 0.717) is 11.5 Å². The Balaban J connectivity index is 1.85. The number of hydrogen-bond donors (Lipinski definition) is 1. The lowest BCUT2D eigenvalue weighted by molar-refractivity contribution is -0.383. The Labute approximate surface area is 166 Å². The van der Waals surface area contributed by atoms with Crippen molar-refractivity contribution in [3.8, 4) is 23.6 Å². The zero-order valence-corrected chi connectivity index (χ0v) is 15.4. The Bertz CT molecular complexity index is 965. The van der Waals surface area contributed by atoms with Crippen LogP contribution < -0.4 is 19.7 Å². The van der Waals surface area contributed by atoms with E-state index in [9.17, 15) is 10.1 Å². The minimum atomic E-state index is -0.566. The molecule has 0 bridgehead atoms. The second kappa shape index (κ2) is 9.19. The van der Waals surface area contributed by atoms with Crippen molar-refractivity contribution in [3.05, 3.63) is 40.2 Å². The first kappa shape index (κ1) is 19.6. The highest BCUT2D eigenvalue weighted by molar-refractivity contribution is 5.70. The fourth-order valence-corrected chi connectivity index (χ4v) is 2.83. The summed E-state index contributed by atoms with van der Waals surface area (Å²) in [5.41, 5.74) is 0.527. The number of benzene rings is 1. The van der Waals surface area contributed by atoms with Gasteiger partial charge in [-0.15, -0.1) is 0 Å². The van der Waals surface area contributed by atoms with E-state index in [2.05, 4.69) is 15.3 Å². The van der Waals surface area contributed by atoms with Crippen molar-refractivity contribution >= 4 is 17.3 Å². The van der Waals surface area contributed by atoms with E-state index in [0.717, 1.165) is 5.56 Å². The Morgan fingerprint density at radius 2 is 1.90 bits per heavy atom. The molecular formula is C18H17N7O4. The quantitative estimate of drug-likeness (QED) is 0.495. The highest BCUT2D eigenvalue weighted by atomic mass is 16.7. The van der Waals surface area contributed by atoms with Crippen molar-refractivity contribution in [2.24, 2.45) is 0 Å². The first-order chi connectivity index (χ1) is 14.1.